The predicted molar refractivity (Wildman–Crippen MR) is 178 cm³/mol. The van der Waals surface area contributed by atoms with Gasteiger partial charge in [-0.25, -0.2) is 0 Å². The van der Waals surface area contributed by atoms with Gasteiger partial charge in [-0.1, -0.05) is 12.1 Å². The molecule has 0 unspecified atom stereocenters. The number of rotatable bonds is 8. The molecule has 6 N–H and O–H groups in total. The Bertz CT molecular complexity index is 1720. The maximum atomic E-state index is 14.0. The van der Waals surface area contributed by atoms with Crippen molar-refractivity contribution in [3.63, 3.8) is 0 Å². The molecule has 0 radical (unpaired) electrons. The second kappa shape index (κ2) is 13.8. The highest BCUT2D eigenvalue weighted by molar-refractivity contribution is 6.31. The van der Waals surface area contributed by atoms with E-state index in [0.717, 1.165) is 25.9 Å². The van der Waals surface area contributed by atoms with Crippen LogP contribution in [0.1, 0.15) is 95.5 Å². The summed E-state index contributed by atoms with van der Waals surface area (Å²) < 4.78 is 22.9. The van der Waals surface area contributed by atoms with Gasteiger partial charge in [-0.3, -0.25) is 24.1 Å². The zero-order valence-corrected chi connectivity index (χ0v) is 29.1. The number of aromatic hydroxyl groups is 2. The van der Waals surface area contributed by atoms with E-state index < -0.39 is 101 Å². The van der Waals surface area contributed by atoms with Gasteiger partial charge in [0.15, 0.2) is 18.7 Å². The van der Waals surface area contributed by atoms with E-state index in [1.807, 2.05) is 0 Å². The Hall–Kier alpha value is -3.63. The fourth-order valence-electron chi connectivity index (χ4n) is 7.43. The second-order valence-corrected chi connectivity index (χ2v) is 13.9. The maximum absolute atomic E-state index is 14.0. The number of ketones is 3. The Morgan fingerprint density at radius 1 is 1.08 bits per heavy atom. The number of likely N-dealkylation sites (tertiary alicyclic amines) is 1. The molecule has 0 amide bonds. The van der Waals surface area contributed by atoms with Gasteiger partial charge in [0, 0.05) is 42.0 Å². The molecule has 6 atom stereocenters. The van der Waals surface area contributed by atoms with Gasteiger partial charge in [-0.05, 0) is 52.8 Å². The minimum absolute atomic E-state index is 0. The average molecular weight is 719 g/mol. The van der Waals surface area contributed by atoms with Crippen LogP contribution in [0.4, 0.5) is 0 Å². The molecule has 272 valence electrons. The third-order valence-electron chi connectivity index (χ3n) is 10.1. The number of hydrogen-bond donors (Lipinski definition) is 5. The summed E-state index contributed by atoms with van der Waals surface area (Å²) >= 11 is 0. The Kier molecular flexibility index (Phi) is 10.4. The monoisotopic (exact) mass is 718 g/mol. The van der Waals surface area contributed by atoms with Crippen molar-refractivity contribution in [2.75, 3.05) is 26.8 Å². The number of aliphatic hydroxyl groups excluding tert-OH is 1. The average Bonchev–Trinajstić information content (AvgIpc) is 3.59. The van der Waals surface area contributed by atoms with Crippen molar-refractivity contribution in [3.8, 4) is 17.2 Å². The fourth-order valence-corrected chi connectivity index (χ4v) is 7.43. The molecule has 2 aliphatic heterocycles. The summed E-state index contributed by atoms with van der Waals surface area (Å²) in [6.07, 6.45) is -2.83. The molecule has 0 saturated carbocycles. The number of halogens is 1. The van der Waals surface area contributed by atoms with Crippen molar-refractivity contribution >= 4 is 35.7 Å². The number of methoxy groups -OCH3 is 1. The molecule has 2 heterocycles. The van der Waals surface area contributed by atoms with Crippen molar-refractivity contribution in [2.45, 2.75) is 94.7 Å². The SMILES string of the molecule is COc1cccc2c1C(=O)c1c(O)c3c(c(O)c1C2=O)C[C@@](O)(C(=O)COC(=O)C(C)(C)N)C[C@@H]3O[C@H]1C[C@H](N2CCCC2)[C@H](O)[C@H](C)O1.Cl. The van der Waals surface area contributed by atoms with Crippen molar-refractivity contribution in [1.82, 2.24) is 4.90 Å². The van der Waals surface area contributed by atoms with E-state index in [2.05, 4.69) is 4.90 Å². The van der Waals surface area contributed by atoms with E-state index in [1.165, 1.54) is 39.2 Å². The third-order valence-corrected chi connectivity index (χ3v) is 10.1. The Morgan fingerprint density at radius 3 is 2.38 bits per heavy atom. The molecule has 0 bridgehead atoms. The number of nitrogens with zero attached hydrogens (tertiary/aromatic N) is 1. The molecule has 15 heteroatoms. The van der Waals surface area contributed by atoms with Crippen LogP contribution in [-0.4, -0.2) is 111 Å². The molecule has 2 aromatic carbocycles. The summed E-state index contributed by atoms with van der Waals surface area (Å²) in [4.78, 5) is 55.9. The molecule has 2 saturated heterocycles. The van der Waals surface area contributed by atoms with Gasteiger partial charge in [-0.15, -0.1) is 12.4 Å². The van der Waals surface area contributed by atoms with E-state index in [4.69, 9.17) is 24.7 Å². The number of benzene rings is 2. The first kappa shape index (κ1) is 37.6. The fraction of sp³-hybridized carbons (Fsp3) is 0.543. The molecule has 50 heavy (non-hydrogen) atoms. The zero-order valence-electron chi connectivity index (χ0n) is 28.3. The molecule has 2 aliphatic carbocycles. The maximum Gasteiger partial charge on any atom is 0.325 e. The smallest absolute Gasteiger partial charge is 0.325 e. The minimum atomic E-state index is -2.33. The normalized spacial score (nSPS) is 27.9. The number of Topliss-reactive ketones (excluding diaryl/α,β-unsaturated/α-hetero) is 1. The van der Waals surface area contributed by atoms with Gasteiger partial charge in [0.25, 0.3) is 0 Å². The quantitative estimate of drug-likeness (QED) is 0.166. The summed E-state index contributed by atoms with van der Waals surface area (Å²) in [5, 5.41) is 46.4. The number of fused-ring (bicyclic) bond motifs is 3. The highest BCUT2D eigenvalue weighted by Gasteiger charge is 2.51. The summed E-state index contributed by atoms with van der Waals surface area (Å²) in [7, 11) is 1.33. The van der Waals surface area contributed by atoms with E-state index >= 15 is 0 Å². The second-order valence-electron chi connectivity index (χ2n) is 13.9. The van der Waals surface area contributed by atoms with Crippen LogP contribution < -0.4 is 10.5 Å². The molecular formula is C35H43ClN2O12. The largest absolute Gasteiger partial charge is 0.507 e. The molecule has 0 spiro atoms. The van der Waals surface area contributed by atoms with Gasteiger partial charge in [0.1, 0.15) is 28.4 Å². The van der Waals surface area contributed by atoms with Crippen molar-refractivity contribution in [2.24, 2.45) is 5.73 Å². The summed E-state index contributed by atoms with van der Waals surface area (Å²) in [6.45, 7) is 5.18. The lowest BCUT2D eigenvalue weighted by Crippen LogP contribution is -2.55. The van der Waals surface area contributed by atoms with Gasteiger partial charge >= 0.3 is 5.97 Å². The highest BCUT2D eigenvalue weighted by Crippen LogP contribution is 2.52. The van der Waals surface area contributed by atoms with E-state index in [9.17, 15) is 39.6 Å². The number of esters is 1. The van der Waals surface area contributed by atoms with Gasteiger partial charge < -0.3 is 45.1 Å². The van der Waals surface area contributed by atoms with Crippen LogP contribution in [0.25, 0.3) is 0 Å². The van der Waals surface area contributed by atoms with Crippen LogP contribution in [0, 0.1) is 0 Å². The van der Waals surface area contributed by atoms with E-state index in [1.54, 1.807) is 6.92 Å². The molecule has 6 rings (SSSR count). The number of ether oxygens (including phenoxy) is 4. The van der Waals surface area contributed by atoms with Crippen LogP contribution in [-0.2, 0) is 30.2 Å². The molecule has 2 fully saturated rings. The van der Waals surface area contributed by atoms with Crippen molar-refractivity contribution in [1.29, 1.82) is 0 Å². The topological polar surface area (TPSA) is 215 Å². The van der Waals surface area contributed by atoms with E-state index in [0.29, 0.717) is 0 Å². The number of carbonyl (C=O) groups excluding carboxylic acids is 4. The van der Waals surface area contributed by atoms with Crippen molar-refractivity contribution in [3.05, 3.63) is 51.6 Å². The van der Waals surface area contributed by atoms with Crippen LogP contribution in [0.2, 0.25) is 0 Å². The summed E-state index contributed by atoms with van der Waals surface area (Å²) in [5.41, 5.74) is 0.634. The molecule has 2 aromatic rings. The lowest BCUT2D eigenvalue weighted by Gasteiger charge is -2.44. The zero-order chi connectivity index (χ0) is 35.6. The number of carbonyl (C=O) groups is 4. The minimum Gasteiger partial charge on any atom is -0.507 e. The van der Waals surface area contributed by atoms with Crippen LogP contribution >= 0.6 is 12.4 Å². The first-order valence-electron chi connectivity index (χ1n) is 16.4. The van der Waals surface area contributed by atoms with Crippen LogP contribution in [0.3, 0.4) is 0 Å². The first-order valence-corrected chi connectivity index (χ1v) is 16.4. The van der Waals surface area contributed by atoms with E-state index in [-0.39, 0.29) is 52.9 Å². The highest BCUT2D eigenvalue weighted by atomic mass is 35.5. The van der Waals surface area contributed by atoms with Gasteiger partial charge in [-0.2, -0.15) is 0 Å². The molecule has 14 nitrogen and oxygen atoms in total. The van der Waals surface area contributed by atoms with Crippen LogP contribution in [0.15, 0.2) is 18.2 Å². The first-order chi connectivity index (χ1) is 23.1. The summed E-state index contributed by atoms with van der Waals surface area (Å²) in [5.74, 6) is -4.66. The molecule has 4 aliphatic rings. The number of nitrogens with two attached hydrogens (primary N) is 1. The predicted octanol–water partition coefficient (Wildman–Crippen LogP) is 1.85. The molecule has 0 aromatic heterocycles. The Labute approximate surface area is 294 Å². The number of phenolic OH excluding ortho intramolecular Hbond substituents is 2. The standard InChI is InChI=1S/C35H42N2O12.ClH/c1-16-28(39)19(37-10-5-6-11-37)12-23(48-16)49-21-14-35(45,22(38)15-47-33(44)34(2,3)36)13-18-25(21)32(43)27-26(30(18)41)29(40)17-8-7-9-20(46-4)24(17)31(27)42;/h7-9,16,19,21,23,28,39,41,43,45H,5-6,10-15,36H2,1-4H3;1H/t16-,19-,21-,23-,28+,35-;/m0./s1. The lowest BCUT2D eigenvalue weighted by atomic mass is 9.72. The number of hydrogen-bond acceptors (Lipinski definition) is 14. The van der Waals surface area contributed by atoms with Crippen LogP contribution in [0.5, 0.6) is 17.2 Å². The number of phenols is 2. The van der Waals surface area contributed by atoms with Crippen molar-refractivity contribution < 1.29 is 58.6 Å². The third kappa shape index (κ3) is 6.38. The van der Waals surface area contributed by atoms with Gasteiger partial charge in [0.2, 0.25) is 11.6 Å². The number of aliphatic hydroxyl groups is 2. The summed E-state index contributed by atoms with van der Waals surface area (Å²) in [6, 6.07) is 4.06. The van der Waals surface area contributed by atoms with Gasteiger partial charge in [0.05, 0.1) is 42.1 Å². The molecular weight excluding hydrogens is 676 g/mol. The lowest BCUT2D eigenvalue weighted by molar-refractivity contribution is -0.257. The Morgan fingerprint density at radius 2 is 1.74 bits per heavy atom. The Balaban J connectivity index is 0.00000486.